The maximum absolute atomic E-state index is 12.6. The van der Waals surface area contributed by atoms with Crippen molar-refractivity contribution in [3.8, 4) is 22.6 Å². The Morgan fingerprint density at radius 1 is 1.21 bits per heavy atom. The van der Waals surface area contributed by atoms with E-state index in [0.29, 0.717) is 27.2 Å². The van der Waals surface area contributed by atoms with Crippen molar-refractivity contribution in [2.45, 2.75) is 12.1 Å². The minimum absolute atomic E-state index is 0.0164. The Morgan fingerprint density at radius 3 is 2.76 bits per heavy atom. The molecule has 0 saturated heterocycles. The Morgan fingerprint density at radius 2 is 2.03 bits per heavy atom. The van der Waals surface area contributed by atoms with Gasteiger partial charge in [0.2, 0.25) is 5.91 Å². The zero-order valence-electron chi connectivity index (χ0n) is 17.5. The molecule has 33 heavy (non-hydrogen) atoms. The van der Waals surface area contributed by atoms with Crippen LogP contribution in [0.3, 0.4) is 0 Å². The summed E-state index contributed by atoms with van der Waals surface area (Å²) < 4.78 is 10.6. The quantitative estimate of drug-likeness (QED) is 0.214. The van der Waals surface area contributed by atoms with E-state index in [4.69, 9.17) is 9.15 Å². The van der Waals surface area contributed by atoms with Gasteiger partial charge in [-0.2, -0.15) is 0 Å². The first-order valence-corrected chi connectivity index (χ1v) is 11.8. The number of ether oxygens (including phenoxy) is 1. The third-order valence-electron chi connectivity index (χ3n) is 4.44. The fourth-order valence-corrected chi connectivity index (χ4v) is 4.66. The molecule has 0 saturated carbocycles. The number of nitrogens with one attached hydrogen (secondary N) is 2. The largest absolute Gasteiger partial charge is 0.464 e. The third-order valence-corrected chi connectivity index (χ3v) is 6.21. The van der Waals surface area contributed by atoms with Gasteiger partial charge in [-0.1, -0.05) is 42.1 Å². The van der Waals surface area contributed by atoms with Crippen molar-refractivity contribution in [1.29, 1.82) is 0 Å². The van der Waals surface area contributed by atoms with Crippen LogP contribution in [0, 0.1) is 0 Å². The van der Waals surface area contributed by atoms with Crippen molar-refractivity contribution >= 4 is 40.0 Å². The van der Waals surface area contributed by atoms with Gasteiger partial charge in [0.25, 0.3) is 5.56 Å². The summed E-state index contributed by atoms with van der Waals surface area (Å²) in [4.78, 5) is 44.3. The second kappa shape index (κ2) is 10.3. The highest BCUT2D eigenvalue weighted by molar-refractivity contribution is 7.99. The van der Waals surface area contributed by atoms with Crippen LogP contribution in [0.15, 0.2) is 74.5 Å². The molecule has 2 N–H and O–H groups in total. The second-order valence-corrected chi connectivity index (χ2v) is 8.53. The topological polar surface area (TPSA) is 114 Å². The van der Waals surface area contributed by atoms with Gasteiger partial charge in [0, 0.05) is 22.6 Å². The molecule has 0 aliphatic heterocycles. The first-order valence-electron chi connectivity index (χ1n) is 9.97. The molecule has 1 aromatic carbocycles. The van der Waals surface area contributed by atoms with E-state index in [1.807, 2.05) is 30.3 Å². The molecule has 3 aromatic heterocycles. The molecule has 4 aromatic rings. The van der Waals surface area contributed by atoms with E-state index in [1.165, 1.54) is 23.7 Å². The van der Waals surface area contributed by atoms with E-state index in [0.717, 1.165) is 17.3 Å². The smallest absolute Gasteiger partial charge is 0.341 e. The molecule has 168 valence electrons. The number of aromatic amines is 1. The number of carbonyl (C=O) groups is 2. The highest BCUT2D eigenvalue weighted by Gasteiger charge is 2.24. The average Bonchev–Trinajstić information content (AvgIpc) is 3.48. The second-order valence-electron chi connectivity index (χ2n) is 6.69. The predicted octanol–water partition coefficient (Wildman–Crippen LogP) is 4.67. The van der Waals surface area contributed by atoms with Crippen LogP contribution >= 0.6 is 23.1 Å². The lowest BCUT2D eigenvalue weighted by atomic mass is 10.1. The number of carbonyl (C=O) groups excluding carboxylic acids is 2. The molecule has 0 bridgehead atoms. The predicted molar refractivity (Wildman–Crippen MR) is 128 cm³/mol. The van der Waals surface area contributed by atoms with E-state index in [1.54, 1.807) is 24.4 Å². The highest BCUT2D eigenvalue weighted by Crippen LogP contribution is 2.36. The van der Waals surface area contributed by atoms with Crippen LogP contribution in [-0.2, 0) is 9.53 Å². The number of nitrogens with zero attached hydrogens (tertiary/aromatic N) is 1. The Labute approximate surface area is 197 Å². The number of esters is 1. The minimum Gasteiger partial charge on any atom is -0.464 e. The number of anilines is 1. The number of benzene rings is 1. The monoisotopic (exact) mass is 481 g/mol. The standard InChI is InChI=1S/C23H19N3O5S2/c1-2-30-22(29)20-15(17-9-6-10-31-17)12-32-21(20)25-19(28)13-33-23-24-16(11-18(27)26-23)14-7-4-3-5-8-14/h3-12H,2,13H2,1H3,(H,25,28)(H,24,26,27). The van der Waals surface area contributed by atoms with Gasteiger partial charge < -0.3 is 19.5 Å². The van der Waals surface area contributed by atoms with Crippen molar-refractivity contribution in [2.24, 2.45) is 0 Å². The fraction of sp³-hybridized carbons (Fsp3) is 0.130. The van der Waals surface area contributed by atoms with Crippen molar-refractivity contribution in [1.82, 2.24) is 9.97 Å². The first-order chi connectivity index (χ1) is 16.0. The lowest BCUT2D eigenvalue weighted by Gasteiger charge is -2.08. The molecular formula is C23H19N3O5S2. The van der Waals surface area contributed by atoms with E-state index in [2.05, 4.69) is 15.3 Å². The number of hydrogen-bond acceptors (Lipinski definition) is 8. The number of furan rings is 1. The molecule has 3 heterocycles. The van der Waals surface area contributed by atoms with Crippen molar-refractivity contribution in [3.05, 3.63) is 76.1 Å². The van der Waals surface area contributed by atoms with Gasteiger partial charge in [-0.15, -0.1) is 11.3 Å². The van der Waals surface area contributed by atoms with Crippen molar-refractivity contribution < 1.29 is 18.7 Å². The molecule has 0 aliphatic carbocycles. The van der Waals surface area contributed by atoms with Gasteiger partial charge in [-0.05, 0) is 19.1 Å². The summed E-state index contributed by atoms with van der Waals surface area (Å²) in [6, 6.07) is 14.2. The molecule has 8 nitrogen and oxygen atoms in total. The zero-order valence-corrected chi connectivity index (χ0v) is 19.1. The molecular weight excluding hydrogens is 462 g/mol. The summed E-state index contributed by atoms with van der Waals surface area (Å²) in [5.41, 5.74) is 1.81. The van der Waals surface area contributed by atoms with Gasteiger partial charge in [0.05, 0.1) is 24.3 Å². The third kappa shape index (κ3) is 5.41. The molecule has 0 unspecified atom stereocenters. The van der Waals surface area contributed by atoms with Gasteiger partial charge in [-0.3, -0.25) is 9.59 Å². The minimum atomic E-state index is -0.547. The normalized spacial score (nSPS) is 10.7. The number of rotatable bonds is 8. The van der Waals surface area contributed by atoms with E-state index >= 15 is 0 Å². The van der Waals surface area contributed by atoms with Crippen LogP contribution in [0.25, 0.3) is 22.6 Å². The van der Waals surface area contributed by atoms with Gasteiger partial charge in [-0.25, -0.2) is 9.78 Å². The van der Waals surface area contributed by atoms with Crippen LogP contribution in [0.1, 0.15) is 17.3 Å². The number of hydrogen-bond donors (Lipinski definition) is 2. The molecule has 4 rings (SSSR count). The van der Waals surface area contributed by atoms with Gasteiger partial charge in [0.15, 0.2) is 5.16 Å². The van der Waals surface area contributed by atoms with E-state index in [9.17, 15) is 14.4 Å². The summed E-state index contributed by atoms with van der Waals surface area (Å²) >= 11 is 2.30. The molecule has 0 radical (unpaired) electrons. The molecule has 1 amide bonds. The van der Waals surface area contributed by atoms with E-state index in [-0.39, 0.29) is 29.4 Å². The number of H-pyrrole nitrogens is 1. The maximum Gasteiger partial charge on any atom is 0.341 e. The Bertz CT molecular complexity index is 1310. The number of aromatic nitrogens is 2. The fourth-order valence-electron chi connectivity index (χ4n) is 3.03. The lowest BCUT2D eigenvalue weighted by molar-refractivity contribution is -0.113. The van der Waals surface area contributed by atoms with E-state index < -0.39 is 5.97 Å². The van der Waals surface area contributed by atoms with Crippen LogP contribution in [0.5, 0.6) is 0 Å². The number of thioether (sulfide) groups is 1. The highest BCUT2D eigenvalue weighted by atomic mass is 32.2. The molecule has 0 aliphatic rings. The van der Waals surface area contributed by atoms with Crippen LogP contribution in [0.2, 0.25) is 0 Å². The molecule has 0 atom stereocenters. The first kappa shape index (κ1) is 22.6. The summed E-state index contributed by atoms with van der Waals surface area (Å²) in [5, 5.41) is 5.18. The average molecular weight is 482 g/mol. The maximum atomic E-state index is 12.6. The van der Waals surface area contributed by atoms with Crippen molar-refractivity contribution in [2.75, 3.05) is 17.7 Å². The summed E-state index contributed by atoms with van der Waals surface area (Å²) in [6.07, 6.45) is 1.51. The van der Waals surface area contributed by atoms with Gasteiger partial charge in [0.1, 0.15) is 16.3 Å². The number of amides is 1. The molecule has 10 heteroatoms. The van der Waals surface area contributed by atoms with Crippen molar-refractivity contribution in [3.63, 3.8) is 0 Å². The summed E-state index contributed by atoms with van der Waals surface area (Å²) in [5.74, 6) is -0.415. The zero-order chi connectivity index (χ0) is 23.2. The SMILES string of the molecule is CCOC(=O)c1c(-c2ccco2)csc1NC(=O)CSc1nc(-c2ccccc2)cc(=O)[nH]1. The summed E-state index contributed by atoms with van der Waals surface area (Å²) in [7, 11) is 0. The summed E-state index contributed by atoms with van der Waals surface area (Å²) in [6.45, 7) is 1.91. The Hall–Kier alpha value is -3.63. The molecule has 0 spiro atoms. The Balaban J connectivity index is 1.49. The van der Waals surface area contributed by atoms with Crippen LogP contribution in [0.4, 0.5) is 5.00 Å². The number of thiophene rings is 1. The molecule has 0 fully saturated rings. The lowest BCUT2D eigenvalue weighted by Crippen LogP contribution is -2.17. The van der Waals surface area contributed by atoms with Crippen LogP contribution < -0.4 is 10.9 Å². The van der Waals surface area contributed by atoms with Crippen LogP contribution in [-0.4, -0.2) is 34.2 Å². The van der Waals surface area contributed by atoms with Gasteiger partial charge >= 0.3 is 5.97 Å². The Kier molecular flexibility index (Phi) is 7.06.